The van der Waals surface area contributed by atoms with Gasteiger partial charge in [0.1, 0.15) is 30.5 Å². The predicted molar refractivity (Wildman–Crippen MR) is 256 cm³/mol. The van der Waals surface area contributed by atoms with Gasteiger partial charge in [0.05, 0.1) is 30.5 Å². The van der Waals surface area contributed by atoms with Crippen molar-refractivity contribution in [1.82, 2.24) is 35.1 Å². The lowest BCUT2D eigenvalue weighted by Gasteiger charge is -2.37. The Morgan fingerprint density at radius 2 is 1.85 bits per heavy atom. The van der Waals surface area contributed by atoms with Crippen molar-refractivity contribution in [3.63, 3.8) is 0 Å². The average molecular weight is 932 g/mol. The first-order chi connectivity index (χ1) is 32.5. The number of nitrogens with one attached hydrogen (secondary N) is 2. The fraction of sp³-hybridized carbons (Fsp3) is 0.500. The number of methoxy groups -OCH3 is 2. The number of benzene rings is 2. The third kappa shape index (κ3) is 10.9. The van der Waals surface area contributed by atoms with Crippen LogP contribution in [-0.4, -0.2) is 131 Å². The van der Waals surface area contributed by atoms with Gasteiger partial charge in [-0.1, -0.05) is 45.7 Å². The predicted octanol–water partition coefficient (Wildman–Crippen LogP) is 4.87. The molecule has 4 amide bonds. The number of hydrogen-bond acceptors (Lipinski definition) is 11. The second-order valence-corrected chi connectivity index (χ2v) is 19.3. The van der Waals surface area contributed by atoms with E-state index in [2.05, 4.69) is 66.1 Å². The summed E-state index contributed by atoms with van der Waals surface area (Å²) in [5.74, 6) is 2.07. The summed E-state index contributed by atoms with van der Waals surface area (Å²) in [5, 5.41) is 16.7. The van der Waals surface area contributed by atoms with Crippen LogP contribution in [0.3, 0.4) is 0 Å². The highest BCUT2D eigenvalue weighted by Gasteiger charge is 2.40. The number of carbonyl (C=O) groups excluding carboxylic acids is 5. The number of cyclic esters (lactones) is 1. The highest BCUT2D eigenvalue weighted by molar-refractivity contribution is 5.97. The molecule has 362 valence electrons. The minimum atomic E-state index is -1.18. The second-order valence-electron chi connectivity index (χ2n) is 19.3. The number of aryl methyl sites for hydroxylation is 1. The molecule has 3 N–H and O–H groups in total. The van der Waals surface area contributed by atoms with E-state index < -0.39 is 53.1 Å². The number of ether oxygens (including phenoxy) is 3. The molecule has 3 aliphatic heterocycles. The summed E-state index contributed by atoms with van der Waals surface area (Å²) in [7, 11) is 4.71. The number of carbonyl (C=O) groups is 5. The normalized spacial score (nSPS) is 20.0. The minimum absolute atomic E-state index is 0.0182. The van der Waals surface area contributed by atoms with E-state index in [1.165, 1.54) is 21.9 Å². The molecule has 2 aromatic heterocycles. The molecule has 0 saturated carbocycles. The molecule has 1 unspecified atom stereocenters. The topological polar surface area (TPSA) is 185 Å². The molecule has 68 heavy (non-hydrogen) atoms. The Morgan fingerprint density at radius 3 is 2.59 bits per heavy atom. The number of hydrogen-bond donors (Lipinski definition) is 3. The number of amides is 4. The summed E-state index contributed by atoms with van der Waals surface area (Å²) in [5.41, 5.74) is 9.49. The maximum absolute atomic E-state index is 14.7. The van der Waals surface area contributed by atoms with Crippen molar-refractivity contribution in [2.45, 2.75) is 98.0 Å². The average Bonchev–Trinajstić information content (AvgIpc) is 3.93. The number of likely N-dealkylation sites (tertiary alicyclic amines) is 1. The number of aromatic hydroxyl groups is 1. The molecular formula is C52H65N7O9. The van der Waals surface area contributed by atoms with E-state index in [9.17, 15) is 29.1 Å². The molecule has 6 bridgehead atoms. The number of aromatic nitrogens is 2. The van der Waals surface area contributed by atoms with Crippen molar-refractivity contribution in [1.29, 1.82) is 0 Å². The van der Waals surface area contributed by atoms with Gasteiger partial charge >= 0.3 is 5.97 Å². The van der Waals surface area contributed by atoms with Crippen LogP contribution in [0.1, 0.15) is 70.7 Å². The zero-order chi connectivity index (χ0) is 48.9. The van der Waals surface area contributed by atoms with Gasteiger partial charge in [-0.25, -0.2) is 5.43 Å². The Bertz CT molecular complexity index is 2610. The third-order valence-electron chi connectivity index (χ3n) is 13.2. The summed E-state index contributed by atoms with van der Waals surface area (Å²) in [4.78, 5) is 77.6. The summed E-state index contributed by atoms with van der Waals surface area (Å²) in [6.45, 7) is 11.9. The van der Waals surface area contributed by atoms with Crippen LogP contribution in [0.15, 0.2) is 54.7 Å². The Labute approximate surface area is 398 Å². The van der Waals surface area contributed by atoms with E-state index >= 15 is 0 Å². The quantitative estimate of drug-likeness (QED) is 0.146. The number of esters is 1. The van der Waals surface area contributed by atoms with E-state index in [4.69, 9.17) is 19.2 Å². The molecule has 16 heteroatoms. The summed E-state index contributed by atoms with van der Waals surface area (Å²) in [6.07, 6.45) is 3.63. The van der Waals surface area contributed by atoms with Gasteiger partial charge in [-0.05, 0) is 103 Å². The zero-order valence-corrected chi connectivity index (χ0v) is 40.5. The van der Waals surface area contributed by atoms with Crippen molar-refractivity contribution < 1.29 is 43.3 Å². The van der Waals surface area contributed by atoms with E-state index in [1.54, 1.807) is 32.5 Å². The first-order valence-corrected chi connectivity index (χ1v) is 23.5. The number of hydrazine groups is 1. The summed E-state index contributed by atoms with van der Waals surface area (Å²) in [6, 6.07) is 12.4. The van der Waals surface area contributed by atoms with Crippen LogP contribution in [-0.2, 0) is 64.2 Å². The van der Waals surface area contributed by atoms with Crippen molar-refractivity contribution in [2.75, 3.05) is 54.1 Å². The largest absolute Gasteiger partial charge is 0.508 e. The molecule has 2 fully saturated rings. The number of fused-ring (bicyclic) bond motifs is 6. The molecule has 0 aliphatic carbocycles. The Kier molecular flexibility index (Phi) is 15.6. The molecule has 2 saturated heterocycles. The number of phenols is 1. The molecule has 4 aromatic rings. The molecule has 3 aliphatic rings. The fourth-order valence-electron chi connectivity index (χ4n) is 9.94. The molecule has 7 rings (SSSR count). The van der Waals surface area contributed by atoms with Crippen molar-refractivity contribution in [2.24, 2.45) is 17.3 Å². The van der Waals surface area contributed by atoms with E-state index in [-0.39, 0.29) is 50.3 Å². The second kappa shape index (κ2) is 21.3. The van der Waals surface area contributed by atoms with Gasteiger partial charge in [-0.3, -0.25) is 34.0 Å². The standard InChI is InChI=1S/C52H65N7O9/c1-9-58-44-17-16-34-27-39(44)40(47(58)38-13-10-19-53-43(38)30-67-8)28-52(4,5)31-68-51(65)41-14-11-20-59(55-41)50(64)42(25-33-23-36(34)26-37(60)24-33)54-48(62)46(32(2)3)56(6)49(63)35-18-21-57(29-35)45(61)15-12-22-66-7/h10,13,16-17,19,23-24,26-27,32,35,41-42,46,55,60H,9,11,14,18,20-22,25,28-31H2,1-8H3,(H,54,62)/t35-,41-,42-,46?/m0/s1. The van der Waals surface area contributed by atoms with Gasteiger partial charge in [-0.15, -0.1) is 0 Å². The fourth-order valence-corrected chi connectivity index (χ4v) is 9.94. The number of likely N-dealkylation sites (N-methyl/N-ethyl adjacent to an activating group) is 1. The number of pyridine rings is 1. The maximum Gasteiger partial charge on any atom is 0.324 e. The highest BCUT2D eigenvalue weighted by atomic mass is 16.5. The lowest BCUT2D eigenvalue weighted by molar-refractivity contribution is -0.155. The monoisotopic (exact) mass is 931 g/mol. The van der Waals surface area contributed by atoms with Crippen molar-refractivity contribution in [3.05, 3.63) is 71.5 Å². The summed E-state index contributed by atoms with van der Waals surface area (Å²) >= 11 is 0. The molecule has 2 aromatic carbocycles. The minimum Gasteiger partial charge on any atom is -0.508 e. The van der Waals surface area contributed by atoms with Crippen LogP contribution in [0.4, 0.5) is 0 Å². The molecule has 16 nitrogen and oxygen atoms in total. The SMILES string of the molecule is CCn1c(-c2cccnc2COC)c2c3cc(ccc31)-c1cc(O)cc(c1)C[C@H](NC(=O)C(C(C)C)N(C)C(=O)[C@H]1CCN(C(=O)C#CCOC)C1)C(=O)N1CCC[C@H](N1)C(=O)OCC(C)(C)C2. The zero-order valence-electron chi connectivity index (χ0n) is 40.5. The van der Waals surface area contributed by atoms with Gasteiger partial charge in [-0.2, -0.15) is 0 Å². The van der Waals surface area contributed by atoms with Gasteiger partial charge < -0.3 is 39.0 Å². The van der Waals surface area contributed by atoms with Gasteiger partial charge in [0.25, 0.3) is 11.8 Å². The smallest absolute Gasteiger partial charge is 0.324 e. The van der Waals surface area contributed by atoms with Crippen LogP contribution in [0.2, 0.25) is 0 Å². The number of nitrogens with zero attached hydrogens (tertiary/aromatic N) is 5. The van der Waals surface area contributed by atoms with Crippen LogP contribution in [0.25, 0.3) is 33.3 Å². The van der Waals surface area contributed by atoms with Gasteiger partial charge in [0.15, 0.2) is 0 Å². The van der Waals surface area contributed by atoms with Gasteiger partial charge in [0, 0.05) is 81.9 Å². The highest BCUT2D eigenvalue weighted by Crippen LogP contribution is 2.41. The van der Waals surface area contributed by atoms with Crippen molar-refractivity contribution in [3.8, 4) is 40.0 Å². The third-order valence-corrected chi connectivity index (χ3v) is 13.2. The molecule has 5 heterocycles. The first kappa shape index (κ1) is 49.6. The molecule has 4 atom stereocenters. The lowest BCUT2D eigenvalue weighted by atomic mass is 9.84. The Morgan fingerprint density at radius 1 is 1.06 bits per heavy atom. The number of phenolic OH excluding ortho intramolecular Hbond substituents is 1. The summed E-state index contributed by atoms with van der Waals surface area (Å²) < 4.78 is 18.9. The van der Waals surface area contributed by atoms with Crippen LogP contribution in [0.5, 0.6) is 5.75 Å². The van der Waals surface area contributed by atoms with E-state index in [0.29, 0.717) is 56.5 Å². The van der Waals surface area contributed by atoms with E-state index in [0.717, 1.165) is 39.0 Å². The van der Waals surface area contributed by atoms with Crippen LogP contribution >= 0.6 is 0 Å². The molecule has 0 spiro atoms. The Hall–Kier alpha value is -6.28. The van der Waals surface area contributed by atoms with Crippen LogP contribution in [0, 0.1) is 29.1 Å². The maximum atomic E-state index is 14.7. The van der Waals surface area contributed by atoms with Gasteiger partial charge in [0.2, 0.25) is 11.8 Å². The first-order valence-electron chi connectivity index (χ1n) is 23.5. The van der Waals surface area contributed by atoms with Crippen molar-refractivity contribution >= 4 is 40.5 Å². The number of rotatable bonds is 10. The molecular weight excluding hydrogens is 867 g/mol. The molecule has 0 radical (unpaired) electrons. The Balaban J connectivity index is 1.27. The van der Waals surface area contributed by atoms with Crippen LogP contribution < -0.4 is 10.7 Å². The van der Waals surface area contributed by atoms with E-state index in [1.807, 2.05) is 32.0 Å². The lowest BCUT2D eigenvalue weighted by Crippen LogP contribution is -2.62.